The summed E-state index contributed by atoms with van der Waals surface area (Å²) in [6.45, 7) is 0.102. The minimum absolute atomic E-state index is 0.0561. The first-order valence-corrected chi connectivity index (χ1v) is 7.54. The number of rotatable bonds is 6. The molecule has 2 rings (SSSR count). The van der Waals surface area contributed by atoms with Crippen molar-refractivity contribution < 1.29 is 14.6 Å². The molecule has 0 aromatic heterocycles. The van der Waals surface area contributed by atoms with E-state index < -0.39 is 0 Å². The lowest BCUT2D eigenvalue weighted by Crippen LogP contribution is -2.08. The van der Waals surface area contributed by atoms with Gasteiger partial charge in [0.1, 0.15) is 11.5 Å². The number of benzene rings is 2. The van der Waals surface area contributed by atoms with Crippen LogP contribution in [-0.2, 0) is 6.42 Å². The molecule has 2 aromatic rings. The van der Waals surface area contributed by atoms with Crippen molar-refractivity contribution in [3.8, 4) is 11.5 Å². The zero-order valence-electron chi connectivity index (χ0n) is 12.2. The lowest BCUT2D eigenvalue weighted by molar-refractivity contribution is 0.264. The Balaban J connectivity index is 2.18. The third kappa shape index (κ3) is 3.99. The van der Waals surface area contributed by atoms with Gasteiger partial charge in [-0.25, -0.2) is 0 Å². The highest BCUT2D eigenvalue weighted by Gasteiger charge is 2.14. The minimum atomic E-state index is 0.0561. The van der Waals surface area contributed by atoms with E-state index in [1.807, 2.05) is 42.5 Å². The summed E-state index contributed by atoms with van der Waals surface area (Å²) in [7, 11) is 3.29. The van der Waals surface area contributed by atoms with Crippen LogP contribution in [0.2, 0.25) is 0 Å². The van der Waals surface area contributed by atoms with E-state index in [1.54, 1.807) is 14.2 Å². The van der Waals surface area contributed by atoms with Crippen LogP contribution < -0.4 is 9.47 Å². The molecule has 0 spiro atoms. The molecule has 3 nitrogen and oxygen atoms in total. The molecule has 0 radical (unpaired) electrons. The third-order valence-electron chi connectivity index (χ3n) is 3.53. The van der Waals surface area contributed by atoms with E-state index >= 15 is 0 Å². The molecule has 1 N–H and O–H groups in total. The molecule has 0 saturated carbocycles. The normalized spacial score (nSPS) is 12.0. The highest BCUT2D eigenvalue weighted by atomic mass is 79.9. The molecule has 0 aliphatic carbocycles. The first-order chi connectivity index (χ1) is 10.2. The molecule has 0 heterocycles. The fourth-order valence-corrected chi connectivity index (χ4v) is 2.77. The maximum Gasteiger partial charge on any atom is 0.120 e. The Morgan fingerprint density at radius 3 is 2.14 bits per heavy atom. The summed E-state index contributed by atoms with van der Waals surface area (Å²) >= 11 is 3.56. The average Bonchev–Trinajstić information content (AvgIpc) is 2.54. The van der Waals surface area contributed by atoms with Gasteiger partial charge in [-0.05, 0) is 41.8 Å². The lowest BCUT2D eigenvalue weighted by Gasteiger charge is -2.16. The van der Waals surface area contributed by atoms with Crippen molar-refractivity contribution in [2.45, 2.75) is 12.3 Å². The van der Waals surface area contributed by atoms with E-state index in [9.17, 15) is 5.11 Å². The Morgan fingerprint density at radius 1 is 1.00 bits per heavy atom. The van der Waals surface area contributed by atoms with Crippen LogP contribution in [0.25, 0.3) is 0 Å². The zero-order valence-corrected chi connectivity index (χ0v) is 13.8. The second-order valence-electron chi connectivity index (χ2n) is 4.81. The van der Waals surface area contributed by atoms with Gasteiger partial charge in [-0.15, -0.1) is 0 Å². The molecule has 0 fully saturated rings. The van der Waals surface area contributed by atoms with Crippen molar-refractivity contribution in [3.63, 3.8) is 0 Å². The van der Waals surface area contributed by atoms with Crippen LogP contribution in [-0.4, -0.2) is 25.9 Å². The number of halogens is 1. The monoisotopic (exact) mass is 350 g/mol. The number of hydrogen-bond acceptors (Lipinski definition) is 3. The Bertz CT molecular complexity index is 581. The predicted octanol–water partition coefficient (Wildman–Crippen LogP) is 3.78. The van der Waals surface area contributed by atoms with Gasteiger partial charge in [0.05, 0.1) is 20.8 Å². The first kappa shape index (κ1) is 15.9. The van der Waals surface area contributed by atoms with Crippen molar-refractivity contribution >= 4 is 15.9 Å². The fraction of sp³-hybridized carbons (Fsp3) is 0.294. The van der Waals surface area contributed by atoms with Gasteiger partial charge in [0.2, 0.25) is 0 Å². The molecule has 0 aliphatic heterocycles. The number of methoxy groups -OCH3 is 2. The quantitative estimate of drug-likeness (QED) is 0.861. The molecule has 0 aliphatic rings. The van der Waals surface area contributed by atoms with Crippen LogP contribution in [0, 0.1) is 0 Å². The summed E-state index contributed by atoms with van der Waals surface area (Å²) in [5, 5.41) is 9.69. The van der Waals surface area contributed by atoms with E-state index in [4.69, 9.17) is 9.47 Å². The van der Waals surface area contributed by atoms with E-state index in [0.29, 0.717) is 0 Å². The van der Waals surface area contributed by atoms with E-state index in [-0.39, 0.29) is 12.5 Å². The average molecular weight is 351 g/mol. The van der Waals surface area contributed by atoms with Gasteiger partial charge in [-0.3, -0.25) is 0 Å². The molecule has 0 bridgehead atoms. The third-order valence-corrected chi connectivity index (χ3v) is 4.27. The summed E-state index contributed by atoms with van der Waals surface area (Å²) in [4.78, 5) is 0. The van der Waals surface area contributed by atoms with Gasteiger partial charge in [0, 0.05) is 10.4 Å². The fourth-order valence-electron chi connectivity index (χ4n) is 2.25. The van der Waals surface area contributed by atoms with Crippen molar-refractivity contribution in [1.29, 1.82) is 0 Å². The Labute approximate surface area is 133 Å². The Hall–Kier alpha value is -1.52. The van der Waals surface area contributed by atoms with Crippen molar-refractivity contribution in [3.05, 3.63) is 58.1 Å². The molecule has 1 atom stereocenters. The molecule has 0 saturated heterocycles. The first-order valence-electron chi connectivity index (χ1n) is 6.75. The molecular formula is C17H19BrO3. The Kier molecular flexibility index (Phi) is 5.65. The maximum atomic E-state index is 9.69. The maximum absolute atomic E-state index is 9.69. The zero-order chi connectivity index (χ0) is 15.2. The molecular weight excluding hydrogens is 332 g/mol. The van der Waals surface area contributed by atoms with Crippen LogP contribution in [0.5, 0.6) is 11.5 Å². The van der Waals surface area contributed by atoms with Crippen molar-refractivity contribution in [1.82, 2.24) is 0 Å². The van der Waals surface area contributed by atoms with E-state index in [0.717, 1.165) is 33.5 Å². The molecule has 0 amide bonds. The minimum Gasteiger partial charge on any atom is -0.497 e. The standard InChI is InChI=1S/C17H19BrO3/c1-20-15-6-3-12(4-7-15)14(11-19)9-13-5-8-16(21-2)10-17(13)18/h3-8,10,14,19H,9,11H2,1-2H3. The molecule has 2 aromatic carbocycles. The van der Waals surface area contributed by atoms with Gasteiger partial charge in [-0.1, -0.05) is 34.1 Å². The summed E-state index contributed by atoms with van der Waals surface area (Å²) in [5.74, 6) is 1.69. The van der Waals surface area contributed by atoms with Crippen molar-refractivity contribution in [2.75, 3.05) is 20.8 Å². The number of hydrogen-bond donors (Lipinski definition) is 1. The second kappa shape index (κ2) is 7.48. The molecule has 4 heteroatoms. The topological polar surface area (TPSA) is 38.7 Å². The molecule has 112 valence electrons. The smallest absolute Gasteiger partial charge is 0.120 e. The highest BCUT2D eigenvalue weighted by molar-refractivity contribution is 9.10. The SMILES string of the molecule is COc1ccc(C(CO)Cc2ccc(OC)cc2Br)cc1. The summed E-state index contributed by atoms with van der Waals surface area (Å²) in [6, 6.07) is 13.7. The van der Waals surface area contributed by atoms with Gasteiger partial charge >= 0.3 is 0 Å². The number of ether oxygens (including phenoxy) is 2. The van der Waals surface area contributed by atoms with Crippen LogP contribution in [0.3, 0.4) is 0 Å². The molecule has 1 unspecified atom stereocenters. The van der Waals surface area contributed by atoms with Crippen molar-refractivity contribution in [2.24, 2.45) is 0 Å². The van der Waals surface area contributed by atoms with Gasteiger partial charge in [0.15, 0.2) is 0 Å². The van der Waals surface area contributed by atoms with Gasteiger partial charge < -0.3 is 14.6 Å². The van der Waals surface area contributed by atoms with Gasteiger partial charge in [-0.2, -0.15) is 0 Å². The van der Waals surface area contributed by atoms with E-state index in [1.165, 1.54) is 0 Å². The van der Waals surface area contributed by atoms with Crippen LogP contribution in [0.4, 0.5) is 0 Å². The Morgan fingerprint density at radius 2 is 1.62 bits per heavy atom. The van der Waals surface area contributed by atoms with Gasteiger partial charge in [0.25, 0.3) is 0 Å². The molecule has 21 heavy (non-hydrogen) atoms. The lowest BCUT2D eigenvalue weighted by atomic mass is 9.92. The largest absolute Gasteiger partial charge is 0.497 e. The number of aliphatic hydroxyl groups is 1. The summed E-state index contributed by atoms with van der Waals surface area (Å²) in [6.07, 6.45) is 0.757. The number of aliphatic hydroxyl groups excluding tert-OH is 1. The van der Waals surface area contributed by atoms with Crippen LogP contribution >= 0.6 is 15.9 Å². The van der Waals surface area contributed by atoms with Crippen LogP contribution in [0.1, 0.15) is 17.0 Å². The summed E-state index contributed by atoms with van der Waals surface area (Å²) in [5.41, 5.74) is 2.24. The second-order valence-corrected chi connectivity index (χ2v) is 5.67. The summed E-state index contributed by atoms with van der Waals surface area (Å²) < 4.78 is 11.4. The highest BCUT2D eigenvalue weighted by Crippen LogP contribution is 2.29. The van der Waals surface area contributed by atoms with E-state index in [2.05, 4.69) is 15.9 Å². The van der Waals surface area contributed by atoms with Crippen LogP contribution in [0.15, 0.2) is 46.9 Å². The predicted molar refractivity (Wildman–Crippen MR) is 87.2 cm³/mol.